The summed E-state index contributed by atoms with van der Waals surface area (Å²) in [5.41, 5.74) is 1.56. The van der Waals surface area contributed by atoms with Gasteiger partial charge in [0, 0.05) is 0 Å². The first-order valence-corrected chi connectivity index (χ1v) is 5.45. The number of carbonyl (C=O) groups excluding carboxylic acids is 1. The Morgan fingerprint density at radius 1 is 1.53 bits per heavy atom. The summed E-state index contributed by atoms with van der Waals surface area (Å²) >= 11 is 0. The Balaban J connectivity index is 2.10. The van der Waals surface area contributed by atoms with E-state index in [1.165, 1.54) is 0 Å². The summed E-state index contributed by atoms with van der Waals surface area (Å²) in [5, 5.41) is 0. The predicted octanol–water partition coefficient (Wildman–Crippen LogP) is 1.14. The smallest absolute Gasteiger partial charge is 0.410 e. The molecule has 0 spiro atoms. The number of halogens is 2. The molecule has 0 bridgehead atoms. The average Bonchev–Trinajstić information content (AvgIpc) is 2.66. The normalized spacial score (nSPS) is 31.5. The summed E-state index contributed by atoms with van der Waals surface area (Å²) in [6, 6.07) is -1.81. The van der Waals surface area contributed by atoms with Crippen molar-refractivity contribution in [2.75, 3.05) is 13.2 Å². The van der Waals surface area contributed by atoms with Crippen LogP contribution in [-0.4, -0.2) is 47.8 Å². The van der Waals surface area contributed by atoms with Gasteiger partial charge in [0.05, 0.1) is 19.2 Å². The second-order valence-electron chi connectivity index (χ2n) is 5.34. The number of fused-ring (bicyclic) bond motifs is 1. The van der Waals surface area contributed by atoms with Crippen molar-refractivity contribution in [2.45, 2.75) is 44.4 Å². The molecule has 2 fully saturated rings. The van der Waals surface area contributed by atoms with Crippen LogP contribution in [-0.2, 0) is 9.57 Å². The molecule has 0 radical (unpaired) electrons. The number of ether oxygens (including phenoxy) is 1. The molecule has 2 atom stereocenters. The summed E-state index contributed by atoms with van der Waals surface area (Å²) in [4.78, 5) is 17.6. The number of amides is 1. The molecule has 0 aromatic rings. The number of hydrogen-bond acceptors (Lipinski definition) is 4. The van der Waals surface area contributed by atoms with Crippen molar-refractivity contribution in [2.24, 2.45) is 0 Å². The van der Waals surface area contributed by atoms with Crippen molar-refractivity contribution in [1.29, 1.82) is 0 Å². The Bertz CT molecular complexity index is 330. The van der Waals surface area contributed by atoms with Crippen LogP contribution in [0.1, 0.15) is 20.8 Å². The summed E-state index contributed by atoms with van der Waals surface area (Å²) < 4.78 is 32.2. The van der Waals surface area contributed by atoms with Crippen molar-refractivity contribution in [3.8, 4) is 0 Å². The lowest BCUT2D eigenvalue weighted by molar-refractivity contribution is -0.0517. The third-order valence-corrected chi connectivity index (χ3v) is 2.71. The first kappa shape index (κ1) is 12.5. The zero-order valence-corrected chi connectivity index (χ0v) is 10.00. The van der Waals surface area contributed by atoms with E-state index in [-0.39, 0.29) is 6.61 Å². The fourth-order valence-electron chi connectivity index (χ4n) is 2.00. The zero-order valence-electron chi connectivity index (χ0n) is 10.00. The molecular formula is C10H16F2N2O3. The zero-order chi connectivity index (χ0) is 12.8. The molecule has 5 nitrogen and oxygen atoms in total. The molecule has 7 heteroatoms. The highest BCUT2D eigenvalue weighted by atomic mass is 19.3. The molecule has 1 N–H and O–H groups in total. The number of nitrogens with zero attached hydrogens (tertiary/aromatic N) is 1. The maximum absolute atomic E-state index is 13.6. The van der Waals surface area contributed by atoms with Crippen LogP contribution in [0.3, 0.4) is 0 Å². The molecule has 0 aromatic heterocycles. The van der Waals surface area contributed by atoms with Crippen molar-refractivity contribution in [3.63, 3.8) is 0 Å². The number of carbonyl (C=O) groups is 1. The van der Waals surface area contributed by atoms with Crippen LogP contribution in [0.4, 0.5) is 13.6 Å². The van der Waals surface area contributed by atoms with E-state index in [2.05, 4.69) is 5.48 Å². The van der Waals surface area contributed by atoms with Gasteiger partial charge in [-0.1, -0.05) is 0 Å². The Kier molecular flexibility index (Phi) is 2.78. The van der Waals surface area contributed by atoms with Gasteiger partial charge < -0.3 is 4.74 Å². The van der Waals surface area contributed by atoms with Gasteiger partial charge in [-0.3, -0.25) is 9.74 Å². The fraction of sp³-hybridized carbons (Fsp3) is 0.900. The average molecular weight is 250 g/mol. The monoisotopic (exact) mass is 250 g/mol. The number of alkyl halides is 2. The summed E-state index contributed by atoms with van der Waals surface area (Å²) in [6.07, 6.45) is -0.725. The van der Waals surface area contributed by atoms with Gasteiger partial charge >= 0.3 is 6.09 Å². The Morgan fingerprint density at radius 2 is 2.18 bits per heavy atom. The van der Waals surface area contributed by atoms with Crippen LogP contribution >= 0.6 is 0 Å². The third kappa shape index (κ3) is 2.35. The Labute approximate surface area is 98.0 Å². The van der Waals surface area contributed by atoms with E-state index < -0.39 is 36.2 Å². The molecule has 0 saturated carbocycles. The highest BCUT2D eigenvalue weighted by Gasteiger charge is 2.59. The summed E-state index contributed by atoms with van der Waals surface area (Å²) in [7, 11) is 0. The lowest BCUT2D eigenvalue weighted by Crippen LogP contribution is -2.43. The molecule has 98 valence electrons. The van der Waals surface area contributed by atoms with E-state index in [9.17, 15) is 13.6 Å². The van der Waals surface area contributed by atoms with E-state index in [0.29, 0.717) is 0 Å². The second-order valence-corrected chi connectivity index (χ2v) is 5.34. The van der Waals surface area contributed by atoms with Gasteiger partial charge in [-0.2, -0.15) is 5.48 Å². The molecule has 2 aliphatic heterocycles. The standard InChI is InChI=1S/C10H16F2N2O3/c1-9(2,3)17-8(15)14-5-10(11,12)7-6(14)4-16-13-7/h6-7,13H,4-5H2,1-3H3. The highest BCUT2D eigenvalue weighted by molar-refractivity contribution is 5.69. The van der Waals surface area contributed by atoms with E-state index >= 15 is 0 Å². The number of rotatable bonds is 0. The number of hydrogen-bond donors (Lipinski definition) is 1. The van der Waals surface area contributed by atoms with Gasteiger partial charge in [0.15, 0.2) is 0 Å². The minimum Gasteiger partial charge on any atom is -0.444 e. The summed E-state index contributed by atoms with van der Waals surface area (Å²) in [5.74, 6) is -2.99. The Hall–Kier alpha value is -0.950. The highest BCUT2D eigenvalue weighted by Crippen LogP contribution is 2.35. The molecule has 2 saturated heterocycles. The molecule has 2 rings (SSSR count). The van der Waals surface area contributed by atoms with Crippen LogP contribution in [0.15, 0.2) is 0 Å². The molecule has 2 heterocycles. The van der Waals surface area contributed by atoms with E-state index in [1.54, 1.807) is 20.8 Å². The van der Waals surface area contributed by atoms with Crippen LogP contribution in [0.25, 0.3) is 0 Å². The van der Waals surface area contributed by atoms with Crippen molar-refractivity contribution in [1.82, 2.24) is 10.4 Å². The number of likely N-dealkylation sites (tertiary alicyclic amines) is 1. The van der Waals surface area contributed by atoms with Gasteiger partial charge in [0.25, 0.3) is 5.92 Å². The summed E-state index contributed by atoms with van der Waals surface area (Å²) in [6.45, 7) is 4.51. The molecule has 0 aliphatic carbocycles. The fourth-order valence-corrected chi connectivity index (χ4v) is 2.00. The predicted molar refractivity (Wildman–Crippen MR) is 54.6 cm³/mol. The van der Waals surface area contributed by atoms with Crippen molar-refractivity contribution >= 4 is 6.09 Å². The molecule has 1 amide bonds. The van der Waals surface area contributed by atoms with Crippen LogP contribution in [0, 0.1) is 0 Å². The largest absolute Gasteiger partial charge is 0.444 e. The molecular weight excluding hydrogens is 234 g/mol. The third-order valence-electron chi connectivity index (χ3n) is 2.71. The van der Waals surface area contributed by atoms with Gasteiger partial charge in [0.1, 0.15) is 11.6 Å². The topological polar surface area (TPSA) is 50.8 Å². The number of nitrogens with one attached hydrogen (secondary N) is 1. The maximum atomic E-state index is 13.6. The van der Waals surface area contributed by atoms with E-state index in [1.807, 2.05) is 0 Å². The van der Waals surface area contributed by atoms with Gasteiger partial charge in [-0.05, 0) is 20.8 Å². The maximum Gasteiger partial charge on any atom is 0.410 e. The first-order chi connectivity index (χ1) is 7.71. The molecule has 17 heavy (non-hydrogen) atoms. The lowest BCUT2D eigenvalue weighted by atomic mass is 10.1. The van der Waals surface area contributed by atoms with Crippen molar-refractivity contribution in [3.05, 3.63) is 0 Å². The van der Waals surface area contributed by atoms with E-state index in [4.69, 9.17) is 9.57 Å². The SMILES string of the molecule is CC(C)(C)OC(=O)N1CC(F)(F)C2NOCC21. The number of hydroxylamine groups is 1. The molecule has 0 aromatic carbocycles. The van der Waals surface area contributed by atoms with E-state index in [0.717, 1.165) is 4.90 Å². The van der Waals surface area contributed by atoms with Gasteiger partial charge in [-0.15, -0.1) is 0 Å². The van der Waals surface area contributed by atoms with Gasteiger partial charge in [0.2, 0.25) is 0 Å². The van der Waals surface area contributed by atoms with Gasteiger partial charge in [-0.25, -0.2) is 13.6 Å². The molecule has 2 unspecified atom stereocenters. The minimum atomic E-state index is -2.99. The Morgan fingerprint density at radius 3 is 2.76 bits per heavy atom. The minimum absolute atomic E-state index is 0.0551. The quantitative estimate of drug-likeness (QED) is 0.700. The second kappa shape index (κ2) is 3.78. The van der Waals surface area contributed by atoms with Crippen LogP contribution in [0.5, 0.6) is 0 Å². The molecule has 2 aliphatic rings. The lowest BCUT2D eigenvalue weighted by Gasteiger charge is -2.26. The van der Waals surface area contributed by atoms with Crippen LogP contribution < -0.4 is 5.48 Å². The van der Waals surface area contributed by atoms with Crippen LogP contribution in [0.2, 0.25) is 0 Å². The van der Waals surface area contributed by atoms with Crippen molar-refractivity contribution < 1.29 is 23.1 Å². The first-order valence-electron chi connectivity index (χ1n) is 5.45.